The Labute approximate surface area is 135 Å². The molecule has 0 fully saturated rings. The van der Waals surface area contributed by atoms with Gasteiger partial charge >= 0.3 is 0 Å². The summed E-state index contributed by atoms with van der Waals surface area (Å²) in [5, 5.41) is 3.17. The van der Waals surface area contributed by atoms with Gasteiger partial charge in [0.15, 0.2) is 5.82 Å². The van der Waals surface area contributed by atoms with Gasteiger partial charge < -0.3 is 9.88 Å². The average molecular weight is 308 g/mol. The summed E-state index contributed by atoms with van der Waals surface area (Å²) in [5.41, 5.74) is 3.85. The number of pyridine rings is 1. The fourth-order valence-electron chi connectivity index (χ4n) is 2.59. The highest BCUT2D eigenvalue weighted by Gasteiger charge is 2.09. The second-order valence-corrected chi connectivity index (χ2v) is 5.40. The van der Waals surface area contributed by atoms with Crippen molar-refractivity contribution in [2.75, 3.05) is 5.32 Å². The van der Waals surface area contributed by atoms with E-state index >= 15 is 0 Å². The van der Waals surface area contributed by atoms with Crippen molar-refractivity contribution in [1.82, 2.24) is 14.5 Å². The lowest BCUT2D eigenvalue weighted by atomic mass is 10.1. The standard InChI is InChI=1S/C18H20N4O/c1-3-13-5-7-14(8-6-13)11-20-17-18(23)22(4-2)16-12-19-10-9-15(16)21-17/h5-10,12H,3-4,11H2,1-2H3,(H,20,21). The van der Waals surface area contributed by atoms with Gasteiger partial charge in [0, 0.05) is 19.3 Å². The molecule has 0 amide bonds. The topological polar surface area (TPSA) is 59.8 Å². The Kier molecular flexibility index (Phi) is 4.37. The minimum Gasteiger partial charge on any atom is -0.361 e. The fraction of sp³-hybridized carbons (Fsp3) is 0.278. The number of fused-ring (bicyclic) bond motifs is 1. The molecule has 0 aliphatic rings. The SMILES string of the molecule is CCc1ccc(CNc2nc3ccncc3n(CC)c2=O)cc1. The number of hydrogen-bond donors (Lipinski definition) is 1. The number of rotatable bonds is 5. The average Bonchev–Trinajstić information content (AvgIpc) is 2.60. The van der Waals surface area contributed by atoms with Crippen LogP contribution in [0.4, 0.5) is 5.82 Å². The predicted molar refractivity (Wildman–Crippen MR) is 92.6 cm³/mol. The normalized spacial score (nSPS) is 10.9. The van der Waals surface area contributed by atoms with Crippen molar-refractivity contribution in [3.05, 3.63) is 64.2 Å². The minimum atomic E-state index is -0.113. The first-order valence-electron chi connectivity index (χ1n) is 7.89. The molecule has 2 aromatic heterocycles. The minimum absolute atomic E-state index is 0.113. The second-order valence-electron chi connectivity index (χ2n) is 5.40. The van der Waals surface area contributed by atoms with Gasteiger partial charge in [-0.15, -0.1) is 0 Å². The smallest absolute Gasteiger partial charge is 0.293 e. The third kappa shape index (κ3) is 3.08. The van der Waals surface area contributed by atoms with E-state index in [9.17, 15) is 4.79 Å². The molecule has 5 nitrogen and oxygen atoms in total. The van der Waals surface area contributed by atoms with Crippen LogP contribution < -0.4 is 10.9 Å². The number of benzene rings is 1. The summed E-state index contributed by atoms with van der Waals surface area (Å²) in [6, 6.07) is 10.2. The molecule has 23 heavy (non-hydrogen) atoms. The fourth-order valence-corrected chi connectivity index (χ4v) is 2.59. The Bertz CT molecular complexity index is 868. The summed E-state index contributed by atoms with van der Waals surface area (Å²) in [5.74, 6) is 0.380. The molecule has 1 N–H and O–H groups in total. The molecule has 118 valence electrons. The highest BCUT2D eigenvalue weighted by atomic mass is 16.1. The largest absolute Gasteiger partial charge is 0.361 e. The molecule has 3 aromatic rings. The van der Waals surface area contributed by atoms with Crippen molar-refractivity contribution in [1.29, 1.82) is 0 Å². The molecule has 1 aromatic carbocycles. The molecule has 0 saturated carbocycles. The molecule has 0 aliphatic heterocycles. The molecule has 5 heteroatoms. The van der Waals surface area contributed by atoms with Crippen LogP contribution in [-0.4, -0.2) is 14.5 Å². The summed E-state index contributed by atoms with van der Waals surface area (Å²) in [6.45, 7) is 5.24. The van der Waals surface area contributed by atoms with Crippen molar-refractivity contribution < 1.29 is 0 Å². The van der Waals surface area contributed by atoms with E-state index in [0.29, 0.717) is 18.9 Å². The van der Waals surface area contributed by atoms with Gasteiger partial charge in [0.25, 0.3) is 5.56 Å². The summed E-state index contributed by atoms with van der Waals surface area (Å²) in [6.07, 6.45) is 4.39. The van der Waals surface area contributed by atoms with Crippen LogP contribution >= 0.6 is 0 Å². The first-order chi connectivity index (χ1) is 11.2. The van der Waals surface area contributed by atoms with Crippen molar-refractivity contribution in [2.45, 2.75) is 33.4 Å². The highest BCUT2D eigenvalue weighted by Crippen LogP contribution is 2.12. The first kappa shape index (κ1) is 15.2. The monoisotopic (exact) mass is 308 g/mol. The number of nitrogens with one attached hydrogen (secondary N) is 1. The molecule has 0 bridgehead atoms. The van der Waals surface area contributed by atoms with Crippen LogP contribution in [0.2, 0.25) is 0 Å². The van der Waals surface area contributed by atoms with Gasteiger partial charge in [0.05, 0.1) is 17.2 Å². The van der Waals surface area contributed by atoms with Crippen LogP contribution in [0.15, 0.2) is 47.5 Å². The molecule has 0 saturated heterocycles. The lowest BCUT2D eigenvalue weighted by molar-refractivity contribution is 0.752. The molecule has 0 unspecified atom stereocenters. The van der Waals surface area contributed by atoms with Gasteiger partial charge in [0.2, 0.25) is 0 Å². The van der Waals surface area contributed by atoms with Crippen molar-refractivity contribution in [3.63, 3.8) is 0 Å². The molecule has 0 spiro atoms. The second kappa shape index (κ2) is 6.60. The Morgan fingerprint density at radius 1 is 1.09 bits per heavy atom. The maximum absolute atomic E-state index is 12.5. The van der Waals surface area contributed by atoms with Crippen LogP contribution in [-0.2, 0) is 19.5 Å². The van der Waals surface area contributed by atoms with Gasteiger partial charge in [-0.1, -0.05) is 31.2 Å². The lowest BCUT2D eigenvalue weighted by Gasteiger charge is -2.11. The van der Waals surface area contributed by atoms with Crippen molar-refractivity contribution >= 4 is 16.9 Å². The quantitative estimate of drug-likeness (QED) is 0.787. The van der Waals surface area contributed by atoms with E-state index < -0.39 is 0 Å². The van der Waals surface area contributed by atoms with Crippen LogP contribution in [0.5, 0.6) is 0 Å². The molecular formula is C18H20N4O. The maximum atomic E-state index is 12.5. The molecule has 3 rings (SSSR count). The van der Waals surface area contributed by atoms with Crippen LogP contribution in [0, 0.1) is 0 Å². The maximum Gasteiger partial charge on any atom is 0.293 e. The third-order valence-corrected chi connectivity index (χ3v) is 3.96. The zero-order valence-electron chi connectivity index (χ0n) is 13.4. The van der Waals surface area contributed by atoms with Crippen LogP contribution in [0.1, 0.15) is 25.0 Å². The van der Waals surface area contributed by atoms with Gasteiger partial charge in [-0.25, -0.2) is 4.98 Å². The van der Waals surface area contributed by atoms with E-state index in [1.165, 1.54) is 5.56 Å². The van der Waals surface area contributed by atoms with Gasteiger partial charge in [-0.2, -0.15) is 0 Å². The summed E-state index contributed by atoms with van der Waals surface area (Å²) in [7, 11) is 0. The highest BCUT2D eigenvalue weighted by molar-refractivity contribution is 5.75. The summed E-state index contributed by atoms with van der Waals surface area (Å²) >= 11 is 0. The van der Waals surface area contributed by atoms with Crippen molar-refractivity contribution in [3.8, 4) is 0 Å². The number of aromatic nitrogens is 3. The van der Waals surface area contributed by atoms with E-state index in [1.54, 1.807) is 17.0 Å². The molecule has 0 atom stereocenters. The molecule has 2 heterocycles. The number of anilines is 1. The Morgan fingerprint density at radius 2 is 1.83 bits per heavy atom. The number of hydrogen-bond acceptors (Lipinski definition) is 4. The summed E-state index contributed by atoms with van der Waals surface area (Å²) < 4.78 is 1.69. The van der Waals surface area contributed by atoms with Crippen LogP contribution in [0.25, 0.3) is 11.0 Å². The molecular weight excluding hydrogens is 288 g/mol. The lowest BCUT2D eigenvalue weighted by Crippen LogP contribution is -2.25. The van der Waals surface area contributed by atoms with Gasteiger partial charge in [0.1, 0.15) is 0 Å². The zero-order chi connectivity index (χ0) is 16.2. The zero-order valence-corrected chi connectivity index (χ0v) is 13.4. The molecule has 0 aliphatic carbocycles. The van der Waals surface area contributed by atoms with E-state index in [4.69, 9.17) is 0 Å². The summed E-state index contributed by atoms with van der Waals surface area (Å²) in [4.78, 5) is 21.1. The first-order valence-corrected chi connectivity index (χ1v) is 7.89. The number of nitrogens with zero attached hydrogens (tertiary/aromatic N) is 3. The van der Waals surface area contributed by atoms with E-state index in [0.717, 1.165) is 23.0 Å². The van der Waals surface area contributed by atoms with E-state index in [2.05, 4.69) is 46.5 Å². The third-order valence-electron chi connectivity index (χ3n) is 3.96. The van der Waals surface area contributed by atoms with Crippen LogP contribution in [0.3, 0.4) is 0 Å². The Balaban J connectivity index is 1.90. The van der Waals surface area contributed by atoms with E-state index in [-0.39, 0.29) is 5.56 Å². The van der Waals surface area contributed by atoms with Gasteiger partial charge in [-0.05, 0) is 30.5 Å². The Morgan fingerprint density at radius 3 is 2.52 bits per heavy atom. The molecule has 0 radical (unpaired) electrons. The number of aryl methyl sites for hydroxylation is 2. The van der Waals surface area contributed by atoms with Crippen molar-refractivity contribution in [2.24, 2.45) is 0 Å². The van der Waals surface area contributed by atoms with Gasteiger partial charge in [-0.3, -0.25) is 9.78 Å². The predicted octanol–water partition coefficient (Wildman–Crippen LogP) is 2.99. The van der Waals surface area contributed by atoms with E-state index in [1.807, 2.05) is 13.0 Å². The Hall–Kier alpha value is -2.69.